The fourth-order valence-corrected chi connectivity index (χ4v) is 4.50. The Bertz CT molecular complexity index is 1150. The van der Waals surface area contributed by atoms with Gasteiger partial charge in [0.05, 0.1) is 0 Å². The lowest BCUT2D eigenvalue weighted by molar-refractivity contribution is -0.133. The van der Waals surface area contributed by atoms with Crippen LogP contribution in [0.1, 0.15) is 48.0 Å². The number of carbonyl (C=O) groups excluding carboxylic acids is 2. The van der Waals surface area contributed by atoms with Gasteiger partial charge in [0.15, 0.2) is 5.69 Å². The second-order valence-electron chi connectivity index (χ2n) is 9.28. The van der Waals surface area contributed by atoms with Gasteiger partial charge in [0.2, 0.25) is 5.91 Å². The number of benzene rings is 2. The second-order valence-corrected chi connectivity index (χ2v) is 9.28. The first-order valence-corrected chi connectivity index (χ1v) is 12.4. The van der Waals surface area contributed by atoms with Crippen LogP contribution in [0.25, 0.3) is 0 Å². The van der Waals surface area contributed by atoms with Gasteiger partial charge in [-0.25, -0.2) is 4.39 Å². The van der Waals surface area contributed by atoms with E-state index >= 15 is 0 Å². The van der Waals surface area contributed by atoms with E-state index in [-0.39, 0.29) is 41.8 Å². The second kappa shape index (κ2) is 11.8. The van der Waals surface area contributed by atoms with Crippen molar-refractivity contribution >= 4 is 11.8 Å². The van der Waals surface area contributed by atoms with Crippen LogP contribution in [0.3, 0.4) is 0 Å². The third-order valence-corrected chi connectivity index (χ3v) is 6.45. The summed E-state index contributed by atoms with van der Waals surface area (Å²) in [5.41, 5.74) is 1.32. The van der Waals surface area contributed by atoms with E-state index < -0.39 is 0 Å². The van der Waals surface area contributed by atoms with Gasteiger partial charge in [0.1, 0.15) is 23.4 Å². The van der Waals surface area contributed by atoms with E-state index in [0.29, 0.717) is 37.6 Å². The van der Waals surface area contributed by atoms with Crippen LogP contribution in [0.5, 0.6) is 5.75 Å². The van der Waals surface area contributed by atoms with Crippen molar-refractivity contribution in [2.75, 3.05) is 20.1 Å². The molecular formula is C28H32FN3O4. The Morgan fingerprint density at radius 1 is 1.17 bits per heavy atom. The smallest absolute Gasteiger partial charge is 0.276 e. The maximum Gasteiger partial charge on any atom is 0.276 e. The summed E-state index contributed by atoms with van der Waals surface area (Å²) in [5, 5.41) is 3.96. The Labute approximate surface area is 210 Å². The highest BCUT2D eigenvalue weighted by molar-refractivity contribution is 5.92. The van der Waals surface area contributed by atoms with Gasteiger partial charge in [0, 0.05) is 57.9 Å². The van der Waals surface area contributed by atoms with Crippen LogP contribution in [-0.4, -0.2) is 53.0 Å². The molecule has 2 amide bonds. The third-order valence-electron chi connectivity index (χ3n) is 6.45. The Morgan fingerprint density at radius 3 is 2.64 bits per heavy atom. The van der Waals surface area contributed by atoms with Crippen molar-refractivity contribution in [3.05, 3.63) is 83.5 Å². The number of amides is 2. The van der Waals surface area contributed by atoms with E-state index in [1.165, 1.54) is 12.1 Å². The summed E-state index contributed by atoms with van der Waals surface area (Å²) >= 11 is 0. The van der Waals surface area contributed by atoms with E-state index in [4.69, 9.17) is 9.26 Å². The molecule has 0 unspecified atom stereocenters. The van der Waals surface area contributed by atoms with Gasteiger partial charge in [-0.3, -0.25) is 9.59 Å². The molecule has 36 heavy (non-hydrogen) atoms. The predicted octanol–water partition coefficient (Wildman–Crippen LogP) is 4.72. The third kappa shape index (κ3) is 6.50. The first kappa shape index (κ1) is 25.4. The maximum atomic E-state index is 13.4. The zero-order chi connectivity index (χ0) is 25.5. The molecule has 0 bridgehead atoms. The quantitative estimate of drug-likeness (QED) is 0.431. The standard InChI is InChI=1S/C28H32FN3O4/c1-3-7-24-17-25(30-36-24)28(34)32-15-14-26(35-23-12-10-22(29)11-13-23)21(19-32)16-27(33)31(2)18-20-8-5-4-6-9-20/h4-6,8-13,17,21,26H,3,7,14-16,18-19H2,1-2H3/t21-,26-/m0/s1. The normalized spacial score (nSPS) is 17.6. The molecule has 2 heterocycles. The van der Waals surface area contributed by atoms with Crippen molar-refractivity contribution in [1.82, 2.24) is 15.0 Å². The summed E-state index contributed by atoms with van der Waals surface area (Å²) in [6.07, 6.45) is 2.10. The molecule has 2 aromatic carbocycles. The zero-order valence-corrected chi connectivity index (χ0v) is 20.7. The number of hydrogen-bond donors (Lipinski definition) is 0. The average molecular weight is 494 g/mol. The van der Waals surface area contributed by atoms with Crippen LogP contribution in [-0.2, 0) is 17.8 Å². The number of aromatic nitrogens is 1. The van der Waals surface area contributed by atoms with E-state index in [1.807, 2.05) is 37.3 Å². The lowest BCUT2D eigenvalue weighted by atomic mass is 9.90. The molecule has 0 radical (unpaired) electrons. The average Bonchev–Trinajstić information content (AvgIpc) is 3.35. The SMILES string of the molecule is CCCc1cc(C(=O)N2CC[C@H](Oc3ccc(F)cc3)[C@@H](CC(=O)N(C)Cc3ccccc3)C2)no1. The molecule has 8 heteroatoms. The minimum atomic E-state index is -0.341. The first-order valence-electron chi connectivity index (χ1n) is 12.4. The predicted molar refractivity (Wildman–Crippen MR) is 133 cm³/mol. The van der Waals surface area contributed by atoms with Crippen molar-refractivity contribution in [1.29, 1.82) is 0 Å². The first-order chi connectivity index (χ1) is 17.4. The topological polar surface area (TPSA) is 75.9 Å². The summed E-state index contributed by atoms with van der Waals surface area (Å²) in [7, 11) is 1.78. The number of ether oxygens (including phenoxy) is 1. The number of aryl methyl sites for hydroxylation is 1. The highest BCUT2D eigenvalue weighted by atomic mass is 19.1. The molecule has 1 aromatic heterocycles. The summed E-state index contributed by atoms with van der Waals surface area (Å²) in [6, 6.07) is 17.3. The molecule has 190 valence electrons. The summed E-state index contributed by atoms with van der Waals surface area (Å²) in [5.74, 6) is 0.406. The molecule has 0 N–H and O–H groups in total. The lowest BCUT2D eigenvalue weighted by Gasteiger charge is -2.38. The molecular weight excluding hydrogens is 461 g/mol. The maximum absolute atomic E-state index is 13.4. The highest BCUT2D eigenvalue weighted by Crippen LogP contribution is 2.27. The summed E-state index contributed by atoms with van der Waals surface area (Å²) < 4.78 is 24.8. The zero-order valence-electron chi connectivity index (χ0n) is 20.7. The molecule has 4 rings (SSSR count). The van der Waals surface area contributed by atoms with Gasteiger partial charge in [-0.15, -0.1) is 0 Å². The number of hydrogen-bond acceptors (Lipinski definition) is 5. The van der Waals surface area contributed by atoms with Crippen LogP contribution in [0.4, 0.5) is 4.39 Å². The van der Waals surface area contributed by atoms with Crippen LogP contribution in [0.2, 0.25) is 0 Å². The Morgan fingerprint density at radius 2 is 1.92 bits per heavy atom. The number of piperidine rings is 1. The molecule has 7 nitrogen and oxygen atoms in total. The van der Waals surface area contributed by atoms with Gasteiger partial charge in [-0.05, 0) is 36.2 Å². The van der Waals surface area contributed by atoms with Gasteiger partial charge in [-0.1, -0.05) is 42.4 Å². The number of likely N-dealkylation sites (tertiary alicyclic amines) is 1. The van der Waals surface area contributed by atoms with Crippen LogP contribution in [0.15, 0.2) is 65.2 Å². The van der Waals surface area contributed by atoms with Gasteiger partial charge < -0.3 is 19.1 Å². The van der Waals surface area contributed by atoms with Crippen molar-refractivity contribution in [2.24, 2.45) is 5.92 Å². The molecule has 1 aliphatic heterocycles. The number of nitrogens with zero attached hydrogens (tertiary/aromatic N) is 3. The molecule has 0 aliphatic carbocycles. The Kier molecular flexibility index (Phi) is 8.36. The largest absolute Gasteiger partial charge is 0.490 e. The van der Waals surface area contributed by atoms with Gasteiger partial charge in [0.25, 0.3) is 5.91 Å². The Balaban J connectivity index is 1.47. The van der Waals surface area contributed by atoms with Crippen LogP contribution < -0.4 is 4.74 Å². The lowest BCUT2D eigenvalue weighted by Crippen LogP contribution is -2.49. The molecule has 0 spiro atoms. The van der Waals surface area contributed by atoms with E-state index in [2.05, 4.69) is 5.16 Å². The molecule has 0 saturated carbocycles. The van der Waals surface area contributed by atoms with Crippen molar-refractivity contribution in [3.8, 4) is 5.75 Å². The molecule has 1 fully saturated rings. The van der Waals surface area contributed by atoms with Crippen LogP contribution >= 0.6 is 0 Å². The number of rotatable bonds is 9. The fourth-order valence-electron chi connectivity index (χ4n) is 4.50. The molecule has 2 atom stereocenters. The summed E-state index contributed by atoms with van der Waals surface area (Å²) in [6.45, 7) is 3.35. The molecule has 1 saturated heterocycles. The van der Waals surface area contributed by atoms with Crippen LogP contribution in [0, 0.1) is 11.7 Å². The van der Waals surface area contributed by atoms with Crippen molar-refractivity contribution < 1.29 is 23.2 Å². The number of halogens is 1. The highest BCUT2D eigenvalue weighted by Gasteiger charge is 2.36. The van der Waals surface area contributed by atoms with Gasteiger partial charge in [-0.2, -0.15) is 0 Å². The van der Waals surface area contributed by atoms with E-state index in [0.717, 1.165) is 18.4 Å². The fraction of sp³-hybridized carbons (Fsp3) is 0.393. The van der Waals surface area contributed by atoms with E-state index in [9.17, 15) is 14.0 Å². The number of carbonyl (C=O) groups is 2. The van der Waals surface area contributed by atoms with Crippen molar-refractivity contribution in [3.63, 3.8) is 0 Å². The van der Waals surface area contributed by atoms with Crippen molar-refractivity contribution in [2.45, 2.75) is 45.3 Å². The minimum absolute atomic E-state index is 0.0301. The molecule has 1 aliphatic rings. The van der Waals surface area contributed by atoms with E-state index in [1.54, 1.807) is 35.0 Å². The van der Waals surface area contributed by atoms with Gasteiger partial charge >= 0.3 is 0 Å². The Hall–Kier alpha value is -3.68. The summed E-state index contributed by atoms with van der Waals surface area (Å²) in [4.78, 5) is 29.7. The monoisotopic (exact) mass is 493 g/mol. The minimum Gasteiger partial charge on any atom is -0.490 e. The molecule has 3 aromatic rings.